The van der Waals surface area contributed by atoms with Gasteiger partial charge in [0.25, 0.3) is 10.0 Å². The standard InChI is InChI=1S/C11H8BrCl2NO2S2/c12-11-9(14)5-10(18-11)19(16,17)15-8-3-1-2-7(4-8)6-13/h1-5,15H,6H2. The number of thiophene rings is 1. The van der Waals surface area contributed by atoms with Crippen molar-refractivity contribution < 1.29 is 8.42 Å². The highest BCUT2D eigenvalue weighted by molar-refractivity contribution is 9.11. The highest BCUT2D eigenvalue weighted by Gasteiger charge is 2.19. The van der Waals surface area contributed by atoms with Crippen LogP contribution < -0.4 is 4.72 Å². The van der Waals surface area contributed by atoms with Crippen molar-refractivity contribution in [3.05, 3.63) is 44.7 Å². The van der Waals surface area contributed by atoms with Gasteiger partial charge in [0.1, 0.15) is 4.21 Å². The Bertz CT molecular complexity index is 681. The lowest BCUT2D eigenvalue weighted by Crippen LogP contribution is -2.11. The van der Waals surface area contributed by atoms with Gasteiger partial charge in [-0.25, -0.2) is 8.42 Å². The van der Waals surface area contributed by atoms with Crippen molar-refractivity contribution in [1.29, 1.82) is 0 Å². The average molecular weight is 401 g/mol. The predicted octanol–water partition coefficient (Wildman–Crippen LogP) is 4.70. The fraction of sp³-hybridized carbons (Fsp3) is 0.0909. The normalized spacial score (nSPS) is 11.5. The second-order valence-electron chi connectivity index (χ2n) is 3.63. The van der Waals surface area contributed by atoms with Crippen molar-refractivity contribution in [3.63, 3.8) is 0 Å². The molecule has 0 radical (unpaired) electrons. The zero-order chi connectivity index (χ0) is 14.0. The van der Waals surface area contributed by atoms with Crippen LogP contribution in [0.1, 0.15) is 5.56 Å². The molecule has 19 heavy (non-hydrogen) atoms. The summed E-state index contributed by atoms with van der Waals surface area (Å²) >= 11 is 15.8. The third kappa shape index (κ3) is 3.64. The second-order valence-corrected chi connectivity index (χ2v) is 8.58. The first-order valence-electron chi connectivity index (χ1n) is 5.05. The molecule has 0 fully saturated rings. The Hall–Kier alpha value is -0.270. The fourth-order valence-corrected chi connectivity index (χ4v) is 5.00. The molecule has 0 saturated carbocycles. The third-order valence-electron chi connectivity index (χ3n) is 2.22. The number of nitrogens with one attached hydrogen (secondary N) is 1. The Morgan fingerprint density at radius 2 is 2.05 bits per heavy atom. The summed E-state index contributed by atoms with van der Waals surface area (Å²) in [5.74, 6) is 0.325. The summed E-state index contributed by atoms with van der Waals surface area (Å²) in [5.41, 5.74) is 1.31. The molecule has 0 amide bonds. The Morgan fingerprint density at radius 1 is 1.32 bits per heavy atom. The highest BCUT2D eigenvalue weighted by Crippen LogP contribution is 2.35. The number of anilines is 1. The maximum atomic E-state index is 12.2. The van der Waals surface area contributed by atoms with Crippen molar-refractivity contribution >= 4 is 66.2 Å². The van der Waals surface area contributed by atoms with Crippen molar-refractivity contribution in [1.82, 2.24) is 0 Å². The van der Waals surface area contributed by atoms with Crippen molar-refractivity contribution in [3.8, 4) is 0 Å². The molecule has 8 heteroatoms. The molecule has 0 aliphatic heterocycles. The van der Waals surface area contributed by atoms with Crippen LogP contribution >= 0.6 is 50.5 Å². The quantitative estimate of drug-likeness (QED) is 0.755. The van der Waals surface area contributed by atoms with Crippen LogP contribution in [0, 0.1) is 0 Å². The second kappa shape index (κ2) is 6.01. The monoisotopic (exact) mass is 399 g/mol. The van der Waals surface area contributed by atoms with E-state index in [4.69, 9.17) is 23.2 Å². The zero-order valence-corrected chi connectivity index (χ0v) is 14.1. The van der Waals surface area contributed by atoms with Gasteiger partial charge in [0.05, 0.1) is 8.81 Å². The highest BCUT2D eigenvalue weighted by atomic mass is 79.9. The molecule has 1 N–H and O–H groups in total. The number of alkyl halides is 1. The van der Waals surface area contributed by atoms with Crippen LogP contribution in [0.3, 0.4) is 0 Å². The van der Waals surface area contributed by atoms with Crippen molar-refractivity contribution in [2.45, 2.75) is 10.1 Å². The van der Waals surface area contributed by atoms with Crippen molar-refractivity contribution in [2.24, 2.45) is 0 Å². The van der Waals surface area contributed by atoms with Crippen LogP contribution in [0.25, 0.3) is 0 Å². The largest absolute Gasteiger partial charge is 0.279 e. The molecule has 0 spiro atoms. The van der Waals surface area contributed by atoms with E-state index in [1.54, 1.807) is 18.2 Å². The SMILES string of the molecule is O=S(=O)(Nc1cccc(CCl)c1)c1cc(Cl)c(Br)s1. The van der Waals surface area contributed by atoms with Gasteiger partial charge in [-0.2, -0.15) is 0 Å². The van der Waals surface area contributed by atoms with Crippen molar-refractivity contribution in [2.75, 3.05) is 4.72 Å². The molecule has 0 saturated heterocycles. The minimum absolute atomic E-state index is 0.153. The van der Waals surface area contributed by atoms with Gasteiger partial charge in [-0.15, -0.1) is 22.9 Å². The summed E-state index contributed by atoms with van der Waals surface area (Å²) in [5, 5.41) is 0.375. The van der Waals surface area contributed by atoms with E-state index in [-0.39, 0.29) is 4.21 Å². The van der Waals surface area contributed by atoms with Crippen LogP contribution in [0.5, 0.6) is 0 Å². The lowest BCUT2D eigenvalue weighted by Gasteiger charge is -2.07. The smallest absolute Gasteiger partial charge is 0.271 e. The summed E-state index contributed by atoms with van der Waals surface area (Å²) in [7, 11) is -3.63. The van der Waals surface area contributed by atoms with E-state index >= 15 is 0 Å². The summed E-state index contributed by atoms with van der Waals surface area (Å²) in [6.07, 6.45) is 0. The first kappa shape index (κ1) is 15.1. The summed E-state index contributed by atoms with van der Waals surface area (Å²) in [4.78, 5) is 0. The van der Waals surface area contributed by atoms with Gasteiger partial charge in [-0.1, -0.05) is 23.7 Å². The van der Waals surface area contributed by atoms with Crippen LogP contribution in [0.4, 0.5) is 5.69 Å². The van der Waals surface area contributed by atoms with Crippen LogP contribution in [-0.2, 0) is 15.9 Å². The summed E-state index contributed by atoms with van der Waals surface area (Å²) in [6, 6.07) is 8.33. The molecule has 0 bridgehead atoms. The molecule has 1 aromatic heterocycles. The van der Waals surface area contributed by atoms with E-state index in [1.807, 2.05) is 6.07 Å². The molecule has 0 aliphatic carbocycles. The van der Waals surface area contributed by atoms with Crippen LogP contribution in [-0.4, -0.2) is 8.42 Å². The van der Waals surface area contributed by atoms with Gasteiger partial charge >= 0.3 is 0 Å². The van der Waals surface area contributed by atoms with E-state index in [9.17, 15) is 8.42 Å². The molecule has 0 unspecified atom stereocenters. The Labute approximate surface area is 133 Å². The molecule has 0 aliphatic rings. The molecule has 1 aromatic carbocycles. The van der Waals surface area contributed by atoms with Gasteiger partial charge < -0.3 is 0 Å². The molecule has 0 atom stereocenters. The number of hydrogen-bond donors (Lipinski definition) is 1. The average Bonchev–Trinajstić information content (AvgIpc) is 2.70. The van der Waals surface area contributed by atoms with E-state index in [1.165, 1.54) is 6.07 Å². The van der Waals surface area contributed by atoms with Gasteiger partial charge in [0, 0.05) is 11.6 Å². The molecule has 102 valence electrons. The number of halogens is 3. The van der Waals surface area contributed by atoms with E-state index in [0.717, 1.165) is 16.9 Å². The fourth-order valence-electron chi connectivity index (χ4n) is 1.38. The van der Waals surface area contributed by atoms with Gasteiger partial charge in [0.2, 0.25) is 0 Å². The topological polar surface area (TPSA) is 46.2 Å². The van der Waals surface area contributed by atoms with Gasteiger partial charge in [0.15, 0.2) is 0 Å². The van der Waals surface area contributed by atoms with Crippen LogP contribution in [0.15, 0.2) is 38.3 Å². The number of hydrogen-bond acceptors (Lipinski definition) is 3. The number of benzene rings is 1. The van der Waals surface area contributed by atoms with Gasteiger partial charge in [-0.3, -0.25) is 4.72 Å². The van der Waals surface area contributed by atoms with E-state index in [0.29, 0.717) is 20.4 Å². The van der Waals surface area contributed by atoms with E-state index in [2.05, 4.69) is 20.7 Å². The lowest BCUT2D eigenvalue weighted by molar-refractivity contribution is 0.603. The molecule has 1 heterocycles. The third-order valence-corrected chi connectivity index (χ3v) is 6.86. The molecular formula is C11H8BrCl2NO2S2. The Morgan fingerprint density at radius 3 is 2.63 bits per heavy atom. The molecule has 2 rings (SSSR count). The van der Waals surface area contributed by atoms with Gasteiger partial charge in [-0.05, 0) is 39.7 Å². The lowest BCUT2D eigenvalue weighted by atomic mass is 10.2. The number of rotatable bonds is 4. The molecule has 3 nitrogen and oxygen atoms in total. The van der Waals surface area contributed by atoms with Crippen LogP contribution in [0.2, 0.25) is 5.02 Å². The Balaban J connectivity index is 2.30. The number of sulfonamides is 1. The summed E-state index contributed by atoms with van der Waals surface area (Å²) < 4.78 is 27.5. The molecule has 2 aromatic rings. The van der Waals surface area contributed by atoms with E-state index < -0.39 is 10.0 Å². The first-order chi connectivity index (χ1) is 8.92. The maximum Gasteiger partial charge on any atom is 0.271 e. The zero-order valence-electron chi connectivity index (χ0n) is 9.36. The minimum atomic E-state index is -3.63. The summed E-state index contributed by atoms with van der Waals surface area (Å²) in [6.45, 7) is 0. The Kier molecular flexibility index (Phi) is 4.79. The molecular weight excluding hydrogens is 393 g/mol. The first-order valence-corrected chi connectivity index (χ1v) is 9.05. The minimum Gasteiger partial charge on any atom is -0.279 e. The predicted molar refractivity (Wildman–Crippen MR) is 83.8 cm³/mol. The maximum absolute atomic E-state index is 12.2.